The van der Waals surface area contributed by atoms with Crippen molar-refractivity contribution < 1.29 is 9.59 Å². The van der Waals surface area contributed by atoms with Crippen LogP contribution in [0.2, 0.25) is 5.02 Å². The first-order valence-corrected chi connectivity index (χ1v) is 10.3. The van der Waals surface area contributed by atoms with E-state index in [-0.39, 0.29) is 23.6 Å². The Balaban J connectivity index is 2.14. The van der Waals surface area contributed by atoms with Crippen molar-refractivity contribution in [3.63, 3.8) is 0 Å². The van der Waals surface area contributed by atoms with E-state index in [1.165, 1.54) is 11.8 Å². The largest absolute Gasteiger partial charge is 0.352 e. The maximum atomic E-state index is 12.9. The van der Waals surface area contributed by atoms with Crippen LogP contribution >= 0.6 is 23.4 Å². The summed E-state index contributed by atoms with van der Waals surface area (Å²) in [5.41, 5.74) is 0.893. The summed E-state index contributed by atoms with van der Waals surface area (Å²) in [6, 6.07) is 16.6. The van der Waals surface area contributed by atoms with Gasteiger partial charge < -0.3 is 10.2 Å². The number of carbonyl (C=O) groups excluding carboxylic acids is 2. The van der Waals surface area contributed by atoms with Crippen LogP contribution in [0.4, 0.5) is 0 Å². The molecule has 6 heteroatoms. The van der Waals surface area contributed by atoms with Gasteiger partial charge in [0.15, 0.2) is 0 Å². The second kappa shape index (κ2) is 10.4. The molecule has 0 aromatic heterocycles. The molecule has 0 saturated carbocycles. The fourth-order valence-electron chi connectivity index (χ4n) is 2.56. The molecule has 0 fully saturated rings. The number of benzene rings is 2. The van der Waals surface area contributed by atoms with E-state index in [0.29, 0.717) is 11.6 Å². The normalized spacial score (nSPS) is 11.9. The van der Waals surface area contributed by atoms with E-state index in [9.17, 15) is 9.59 Å². The van der Waals surface area contributed by atoms with E-state index in [4.69, 9.17) is 11.6 Å². The maximum Gasteiger partial charge on any atom is 0.242 e. The average Bonchev–Trinajstić information content (AvgIpc) is 2.64. The predicted molar refractivity (Wildman–Crippen MR) is 112 cm³/mol. The van der Waals surface area contributed by atoms with E-state index in [2.05, 4.69) is 5.32 Å². The van der Waals surface area contributed by atoms with E-state index in [1.807, 2.05) is 62.4 Å². The van der Waals surface area contributed by atoms with Crippen molar-refractivity contribution in [1.82, 2.24) is 10.2 Å². The quantitative estimate of drug-likeness (QED) is 0.664. The third-order valence-electron chi connectivity index (χ3n) is 3.95. The van der Waals surface area contributed by atoms with Crippen LogP contribution in [0.15, 0.2) is 59.5 Å². The van der Waals surface area contributed by atoms with Crippen molar-refractivity contribution in [3.05, 3.63) is 65.2 Å². The van der Waals surface area contributed by atoms with Gasteiger partial charge in [0.05, 0.1) is 5.75 Å². The van der Waals surface area contributed by atoms with Crippen LogP contribution in [0.25, 0.3) is 0 Å². The van der Waals surface area contributed by atoms with E-state index >= 15 is 0 Å². The lowest BCUT2D eigenvalue weighted by atomic mass is 10.1. The Morgan fingerprint density at radius 3 is 2.41 bits per heavy atom. The number of carbonyl (C=O) groups is 2. The molecule has 0 spiro atoms. The van der Waals surface area contributed by atoms with Gasteiger partial charge in [-0.2, -0.15) is 0 Å². The van der Waals surface area contributed by atoms with Crippen LogP contribution < -0.4 is 5.32 Å². The second-order valence-corrected chi connectivity index (χ2v) is 8.08. The third kappa shape index (κ3) is 6.92. The highest BCUT2D eigenvalue weighted by Gasteiger charge is 2.26. The van der Waals surface area contributed by atoms with Crippen LogP contribution in [0.5, 0.6) is 0 Å². The van der Waals surface area contributed by atoms with Gasteiger partial charge in [-0.3, -0.25) is 9.59 Å². The summed E-state index contributed by atoms with van der Waals surface area (Å²) in [4.78, 5) is 28.1. The number of hydrogen-bond donors (Lipinski definition) is 1. The molecule has 2 rings (SSSR count). The molecule has 0 aliphatic heterocycles. The number of halogens is 1. The van der Waals surface area contributed by atoms with Gasteiger partial charge in [0.1, 0.15) is 6.04 Å². The monoisotopic (exact) mass is 404 g/mol. The summed E-state index contributed by atoms with van der Waals surface area (Å²) in [7, 11) is 0. The highest BCUT2D eigenvalue weighted by molar-refractivity contribution is 8.00. The summed E-state index contributed by atoms with van der Waals surface area (Å²) in [5.74, 6) is 0.0180. The minimum absolute atomic E-state index is 0.0155. The van der Waals surface area contributed by atoms with Crippen LogP contribution in [-0.2, 0) is 16.1 Å². The molecule has 0 aliphatic carbocycles. The molecule has 4 nitrogen and oxygen atoms in total. The highest BCUT2D eigenvalue weighted by Crippen LogP contribution is 2.20. The molecule has 27 heavy (non-hydrogen) atoms. The SMILES string of the molecule is CC(C)NC(=O)[C@H](C)N(Cc1cccc(Cl)c1)C(=O)CSc1ccccc1. The molecule has 0 radical (unpaired) electrons. The van der Waals surface area contributed by atoms with Crippen molar-refractivity contribution in [2.24, 2.45) is 0 Å². The number of nitrogens with one attached hydrogen (secondary N) is 1. The van der Waals surface area contributed by atoms with E-state index < -0.39 is 6.04 Å². The van der Waals surface area contributed by atoms with Crippen molar-refractivity contribution in [2.75, 3.05) is 5.75 Å². The van der Waals surface area contributed by atoms with Gasteiger partial charge in [0.2, 0.25) is 11.8 Å². The van der Waals surface area contributed by atoms with Crippen LogP contribution in [0.3, 0.4) is 0 Å². The first-order valence-electron chi connectivity index (χ1n) is 8.89. The molecule has 2 aromatic rings. The molecule has 144 valence electrons. The third-order valence-corrected chi connectivity index (χ3v) is 5.18. The van der Waals surface area contributed by atoms with Gasteiger partial charge in [0, 0.05) is 22.5 Å². The van der Waals surface area contributed by atoms with Gasteiger partial charge in [-0.25, -0.2) is 0 Å². The molecule has 0 heterocycles. The van der Waals surface area contributed by atoms with Gasteiger partial charge in [-0.1, -0.05) is 41.9 Å². The van der Waals surface area contributed by atoms with Gasteiger partial charge >= 0.3 is 0 Å². The first kappa shape index (κ1) is 21.3. The maximum absolute atomic E-state index is 12.9. The molecule has 0 bridgehead atoms. The first-order chi connectivity index (χ1) is 12.9. The molecule has 1 atom stereocenters. The highest BCUT2D eigenvalue weighted by atomic mass is 35.5. The molecule has 2 aromatic carbocycles. The molecule has 0 unspecified atom stereocenters. The second-order valence-electron chi connectivity index (χ2n) is 6.59. The number of rotatable bonds is 8. The van der Waals surface area contributed by atoms with Crippen molar-refractivity contribution in [1.29, 1.82) is 0 Å². The summed E-state index contributed by atoms with van der Waals surface area (Å²) in [6.45, 7) is 5.90. The Labute approximate surface area is 170 Å². The molecule has 1 N–H and O–H groups in total. The van der Waals surface area contributed by atoms with Gasteiger partial charge in [-0.15, -0.1) is 11.8 Å². The van der Waals surface area contributed by atoms with E-state index in [1.54, 1.807) is 17.9 Å². The summed E-state index contributed by atoms with van der Waals surface area (Å²) in [5, 5.41) is 3.49. The summed E-state index contributed by atoms with van der Waals surface area (Å²) >= 11 is 7.54. The fraction of sp³-hybridized carbons (Fsp3) is 0.333. The number of amides is 2. The zero-order valence-electron chi connectivity index (χ0n) is 15.8. The minimum atomic E-state index is -0.574. The smallest absolute Gasteiger partial charge is 0.242 e. The molecule has 0 aliphatic rings. The van der Waals surface area contributed by atoms with Gasteiger partial charge in [-0.05, 0) is 50.6 Å². The van der Waals surface area contributed by atoms with Crippen LogP contribution in [-0.4, -0.2) is 34.6 Å². The fourth-order valence-corrected chi connectivity index (χ4v) is 3.58. The lowest BCUT2D eigenvalue weighted by molar-refractivity contribution is -0.138. The zero-order chi connectivity index (χ0) is 19.8. The van der Waals surface area contributed by atoms with Crippen molar-refractivity contribution in [2.45, 2.75) is 44.3 Å². The Bertz CT molecular complexity index is 768. The van der Waals surface area contributed by atoms with Crippen molar-refractivity contribution in [3.8, 4) is 0 Å². The Morgan fingerprint density at radius 1 is 1.07 bits per heavy atom. The summed E-state index contributed by atoms with van der Waals surface area (Å²) < 4.78 is 0. The lowest BCUT2D eigenvalue weighted by Crippen LogP contribution is -2.49. The van der Waals surface area contributed by atoms with Gasteiger partial charge in [0.25, 0.3) is 0 Å². The molecular formula is C21H25ClN2O2S. The van der Waals surface area contributed by atoms with Crippen molar-refractivity contribution >= 4 is 35.2 Å². The number of thioether (sulfide) groups is 1. The molecule has 2 amide bonds. The summed E-state index contributed by atoms with van der Waals surface area (Å²) in [6.07, 6.45) is 0. The average molecular weight is 405 g/mol. The lowest BCUT2D eigenvalue weighted by Gasteiger charge is -2.29. The topological polar surface area (TPSA) is 49.4 Å². The number of nitrogens with zero attached hydrogens (tertiary/aromatic N) is 1. The Kier molecular flexibility index (Phi) is 8.20. The molecular weight excluding hydrogens is 380 g/mol. The molecule has 0 saturated heterocycles. The van der Waals surface area contributed by atoms with Crippen LogP contribution in [0.1, 0.15) is 26.3 Å². The van der Waals surface area contributed by atoms with E-state index in [0.717, 1.165) is 10.5 Å². The number of hydrogen-bond acceptors (Lipinski definition) is 3. The van der Waals surface area contributed by atoms with Crippen LogP contribution in [0, 0.1) is 0 Å². The zero-order valence-corrected chi connectivity index (χ0v) is 17.4. The minimum Gasteiger partial charge on any atom is -0.352 e. The standard InChI is InChI=1S/C21H25ClN2O2S/c1-15(2)23-21(26)16(3)24(13-17-8-7-9-18(22)12-17)20(25)14-27-19-10-5-4-6-11-19/h4-12,15-16H,13-14H2,1-3H3,(H,23,26)/t16-/m0/s1. The Hall–Kier alpha value is -1.98. The Morgan fingerprint density at radius 2 is 1.78 bits per heavy atom. The predicted octanol–water partition coefficient (Wildman–Crippen LogP) is 4.37.